The molecule has 1 atom stereocenters. The quantitative estimate of drug-likeness (QED) is 0.176. The minimum atomic E-state index is -4.92. The zero-order chi connectivity index (χ0) is 32.7. The summed E-state index contributed by atoms with van der Waals surface area (Å²) in [5.74, 6) is 0.738. The Morgan fingerprint density at radius 2 is 1.67 bits per heavy atom. The lowest BCUT2D eigenvalue weighted by atomic mass is 10.0. The number of alkyl halides is 3. The lowest BCUT2D eigenvalue weighted by Crippen LogP contribution is -2.32. The molecule has 1 aromatic heterocycles. The molecule has 0 aliphatic heterocycles. The number of ether oxygens (including phenoxy) is 1. The first-order chi connectivity index (χ1) is 21.4. The van der Waals surface area contributed by atoms with Gasteiger partial charge in [-0.1, -0.05) is 23.8 Å². The highest BCUT2D eigenvalue weighted by molar-refractivity contribution is 5.88. The number of aryl methyl sites for hydroxylation is 2. The molecule has 4 aromatic rings. The molecule has 0 aliphatic carbocycles. The summed E-state index contributed by atoms with van der Waals surface area (Å²) in [6.45, 7) is 2.89. The molecule has 4 rings (SSSR count). The number of hydroxylamine groups is 1. The van der Waals surface area contributed by atoms with Crippen LogP contribution < -0.4 is 21.1 Å². The molecular formula is C32H29F3N4O6. The number of aliphatic hydroxyl groups excluding tert-OH is 2. The van der Waals surface area contributed by atoms with Crippen LogP contribution in [0.15, 0.2) is 77.6 Å². The summed E-state index contributed by atoms with van der Waals surface area (Å²) in [6.07, 6.45) is -6.05. The Hall–Kier alpha value is -5.16. The van der Waals surface area contributed by atoms with E-state index < -0.39 is 41.6 Å². The van der Waals surface area contributed by atoms with Crippen LogP contribution in [0.3, 0.4) is 0 Å². The van der Waals surface area contributed by atoms with Crippen molar-refractivity contribution in [1.82, 2.24) is 10.0 Å². The van der Waals surface area contributed by atoms with Crippen LogP contribution in [0.4, 0.5) is 23.7 Å². The maximum Gasteiger partial charge on any atom is 0.417 e. The smallest absolute Gasteiger partial charge is 0.417 e. The van der Waals surface area contributed by atoms with Crippen molar-refractivity contribution in [2.75, 3.05) is 18.5 Å². The average Bonchev–Trinajstić information content (AvgIpc) is 3.00. The Morgan fingerprint density at radius 3 is 2.24 bits per heavy atom. The van der Waals surface area contributed by atoms with Crippen LogP contribution in [0.2, 0.25) is 0 Å². The second-order valence-corrected chi connectivity index (χ2v) is 10.1. The van der Waals surface area contributed by atoms with Gasteiger partial charge in [-0.3, -0.25) is 9.63 Å². The highest BCUT2D eigenvalue weighted by Gasteiger charge is 2.36. The molecule has 1 unspecified atom stereocenters. The van der Waals surface area contributed by atoms with Crippen LogP contribution in [0, 0.1) is 25.2 Å². The molecule has 2 amide bonds. The van der Waals surface area contributed by atoms with Gasteiger partial charge in [0.05, 0.1) is 24.4 Å². The highest BCUT2D eigenvalue weighted by atomic mass is 19.4. The number of carbonyl (C=O) groups is 1. The van der Waals surface area contributed by atoms with E-state index in [2.05, 4.69) is 10.8 Å². The predicted molar refractivity (Wildman–Crippen MR) is 159 cm³/mol. The van der Waals surface area contributed by atoms with Gasteiger partial charge < -0.3 is 24.8 Å². The fourth-order valence-corrected chi connectivity index (χ4v) is 4.42. The summed E-state index contributed by atoms with van der Waals surface area (Å²) in [6, 6.07) is 19.4. The third kappa shape index (κ3) is 8.27. The summed E-state index contributed by atoms with van der Waals surface area (Å²) in [5, 5.41) is 29.9. The van der Waals surface area contributed by atoms with Crippen molar-refractivity contribution >= 4 is 11.7 Å². The number of nitrogens with one attached hydrogen (secondary N) is 2. The summed E-state index contributed by atoms with van der Waals surface area (Å²) >= 11 is 0. The van der Waals surface area contributed by atoms with Gasteiger partial charge in [-0.15, -0.1) is 0 Å². The zero-order valence-electron chi connectivity index (χ0n) is 24.2. The Balaban J connectivity index is 1.56. The number of aliphatic hydroxyl groups is 2. The van der Waals surface area contributed by atoms with Crippen molar-refractivity contribution in [3.05, 3.63) is 111 Å². The van der Waals surface area contributed by atoms with Crippen LogP contribution in [0.25, 0.3) is 11.3 Å². The lowest BCUT2D eigenvalue weighted by Gasteiger charge is -2.19. The van der Waals surface area contributed by atoms with Gasteiger partial charge in [-0.25, -0.2) is 10.3 Å². The molecule has 0 fully saturated rings. The first kappa shape index (κ1) is 32.7. The summed E-state index contributed by atoms with van der Waals surface area (Å²) in [4.78, 5) is 29.9. The van der Waals surface area contributed by atoms with Crippen molar-refractivity contribution in [3.63, 3.8) is 0 Å². The van der Waals surface area contributed by atoms with E-state index in [0.29, 0.717) is 22.7 Å². The van der Waals surface area contributed by atoms with Crippen LogP contribution in [0.1, 0.15) is 27.8 Å². The third-order valence-corrected chi connectivity index (χ3v) is 6.69. The second-order valence-electron chi connectivity index (χ2n) is 10.1. The topological polar surface area (TPSA) is 146 Å². The number of aromatic nitrogens is 1. The predicted octanol–water partition coefficient (Wildman–Crippen LogP) is 5.27. The van der Waals surface area contributed by atoms with E-state index in [0.717, 1.165) is 22.8 Å². The normalized spacial score (nSPS) is 11.9. The average molecular weight is 623 g/mol. The van der Waals surface area contributed by atoms with Crippen LogP contribution in [0.5, 0.6) is 11.5 Å². The summed E-state index contributed by atoms with van der Waals surface area (Å²) in [7, 11) is 0. The largest absolute Gasteiger partial charge is 0.457 e. The standard InChI is InChI=1S/C32H29F3N4O6/c1-19-3-4-22(20(2)13-19)16-39-29(14-28(32(33,34)35)27(15-36)30(39)42)21-5-9-25(10-6-21)45-26-11-7-23(8-12-26)37-31(43)38-44-18-24(41)17-40/h3-14,24,40-41H,16-18H2,1-2H3,(H2,37,38,43). The van der Waals surface area contributed by atoms with Gasteiger partial charge in [-0.2, -0.15) is 18.4 Å². The van der Waals surface area contributed by atoms with Gasteiger partial charge in [0, 0.05) is 5.69 Å². The van der Waals surface area contributed by atoms with Gasteiger partial charge in [0.1, 0.15) is 35.8 Å². The highest BCUT2D eigenvalue weighted by Crippen LogP contribution is 2.34. The first-order valence-corrected chi connectivity index (χ1v) is 13.6. The van der Waals surface area contributed by atoms with E-state index in [1.165, 1.54) is 34.9 Å². The number of nitrogens with zero attached hydrogens (tertiary/aromatic N) is 2. The minimum Gasteiger partial charge on any atom is -0.457 e. The van der Waals surface area contributed by atoms with E-state index in [4.69, 9.17) is 14.7 Å². The van der Waals surface area contributed by atoms with Crippen LogP contribution in [-0.2, 0) is 17.6 Å². The summed E-state index contributed by atoms with van der Waals surface area (Å²) in [5.41, 5.74) is 1.98. The Morgan fingerprint density at radius 1 is 1.02 bits per heavy atom. The van der Waals surface area contributed by atoms with Crippen LogP contribution >= 0.6 is 0 Å². The van der Waals surface area contributed by atoms with Crippen molar-refractivity contribution in [2.45, 2.75) is 32.7 Å². The molecule has 0 saturated carbocycles. The number of carbonyl (C=O) groups excluding carboxylic acids is 1. The second kappa shape index (κ2) is 14.1. The maximum atomic E-state index is 13.9. The number of hydrogen-bond acceptors (Lipinski definition) is 7. The third-order valence-electron chi connectivity index (χ3n) is 6.69. The van der Waals surface area contributed by atoms with Gasteiger partial charge >= 0.3 is 12.2 Å². The van der Waals surface area contributed by atoms with E-state index in [9.17, 15) is 33.1 Å². The monoisotopic (exact) mass is 622 g/mol. The van der Waals surface area contributed by atoms with Crippen LogP contribution in [-0.4, -0.2) is 40.1 Å². The number of rotatable bonds is 10. The Bertz CT molecular complexity index is 1760. The number of amides is 2. The van der Waals surface area contributed by atoms with E-state index in [1.807, 2.05) is 26.0 Å². The molecule has 1 heterocycles. The van der Waals surface area contributed by atoms with Crippen molar-refractivity contribution in [2.24, 2.45) is 0 Å². The molecule has 10 nitrogen and oxygen atoms in total. The van der Waals surface area contributed by atoms with Gasteiger partial charge in [-0.05, 0) is 85.1 Å². The number of benzene rings is 3. The molecule has 45 heavy (non-hydrogen) atoms. The lowest BCUT2D eigenvalue weighted by molar-refractivity contribution is -0.137. The molecule has 0 aliphatic rings. The fourth-order valence-electron chi connectivity index (χ4n) is 4.42. The molecule has 0 bridgehead atoms. The fraction of sp³-hybridized carbons (Fsp3) is 0.219. The van der Waals surface area contributed by atoms with E-state index in [-0.39, 0.29) is 18.8 Å². The Labute approximate surface area is 255 Å². The number of pyridine rings is 1. The molecular weight excluding hydrogens is 593 g/mol. The SMILES string of the molecule is Cc1ccc(Cn2c(-c3ccc(Oc4ccc(NC(=O)NOCC(O)CO)cc4)cc3)cc(C(F)(F)F)c(C#N)c2=O)c(C)c1. The first-order valence-electron chi connectivity index (χ1n) is 13.6. The molecule has 4 N–H and O–H groups in total. The molecule has 0 spiro atoms. The van der Waals surface area contributed by atoms with Gasteiger partial charge in [0.25, 0.3) is 5.56 Å². The number of nitriles is 1. The van der Waals surface area contributed by atoms with Crippen molar-refractivity contribution in [3.8, 4) is 28.8 Å². The molecule has 3 aromatic carbocycles. The van der Waals surface area contributed by atoms with Crippen molar-refractivity contribution < 1.29 is 37.8 Å². The minimum absolute atomic E-state index is 0.0126. The van der Waals surface area contributed by atoms with Gasteiger partial charge in [0.2, 0.25) is 0 Å². The number of hydrogen-bond donors (Lipinski definition) is 4. The molecule has 234 valence electrons. The van der Waals surface area contributed by atoms with E-state index >= 15 is 0 Å². The summed E-state index contributed by atoms with van der Waals surface area (Å²) < 4.78 is 48.7. The molecule has 13 heteroatoms. The number of anilines is 1. The van der Waals surface area contributed by atoms with Crippen molar-refractivity contribution in [1.29, 1.82) is 5.26 Å². The number of urea groups is 1. The van der Waals surface area contributed by atoms with Gasteiger partial charge in [0.15, 0.2) is 0 Å². The molecule has 0 saturated heterocycles. The maximum absolute atomic E-state index is 13.9. The Kier molecular flexibility index (Phi) is 10.2. The number of halogens is 3. The zero-order valence-corrected chi connectivity index (χ0v) is 24.2. The van der Waals surface area contributed by atoms with E-state index in [1.54, 1.807) is 30.3 Å². The molecule has 0 radical (unpaired) electrons.